The van der Waals surface area contributed by atoms with E-state index in [4.69, 9.17) is 7.85 Å². The summed E-state index contributed by atoms with van der Waals surface area (Å²) in [7, 11) is 6.57. The van der Waals surface area contributed by atoms with Crippen LogP contribution in [0.5, 0.6) is 0 Å². The van der Waals surface area contributed by atoms with Crippen molar-refractivity contribution in [2.45, 2.75) is 0 Å². The Morgan fingerprint density at radius 1 is 0.487 bits per heavy atom. The van der Waals surface area contributed by atoms with E-state index >= 15 is 0 Å². The van der Waals surface area contributed by atoms with Crippen molar-refractivity contribution in [3.05, 3.63) is 151 Å². The number of fused-ring (bicyclic) bond motifs is 2. The lowest BCUT2D eigenvalue weighted by Crippen LogP contribution is -2.07. The van der Waals surface area contributed by atoms with Gasteiger partial charge in [0.25, 0.3) is 0 Å². The van der Waals surface area contributed by atoms with Crippen molar-refractivity contribution in [2.24, 2.45) is 0 Å². The number of hydrogen-bond donors (Lipinski definition) is 0. The van der Waals surface area contributed by atoms with Gasteiger partial charge in [0, 0.05) is 0 Å². The van der Waals surface area contributed by atoms with E-state index in [2.05, 4.69) is 141 Å². The number of benzene rings is 6. The molecular formula is C38H27B. The summed E-state index contributed by atoms with van der Waals surface area (Å²) >= 11 is 0. The smallest absolute Gasteiger partial charge is 0.0984 e. The average Bonchev–Trinajstić information content (AvgIpc) is 3.00. The summed E-state index contributed by atoms with van der Waals surface area (Å²) in [6, 6.07) is 40.5. The van der Waals surface area contributed by atoms with Gasteiger partial charge in [-0.3, -0.25) is 0 Å². The van der Waals surface area contributed by atoms with Crippen LogP contribution in [-0.2, 0) is 0 Å². The van der Waals surface area contributed by atoms with Crippen molar-refractivity contribution in [1.82, 2.24) is 0 Å². The molecule has 0 N–H and O–H groups in total. The van der Waals surface area contributed by atoms with Gasteiger partial charge < -0.3 is 0 Å². The molecule has 0 heterocycles. The molecule has 0 aromatic heterocycles. The molecule has 0 unspecified atom stereocenters. The van der Waals surface area contributed by atoms with Crippen molar-refractivity contribution in [3.8, 4) is 22.3 Å². The van der Waals surface area contributed by atoms with Crippen LogP contribution in [0.25, 0.3) is 68.1 Å². The van der Waals surface area contributed by atoms with Gasteiger partial charge in [-0.05, 0) is 66.1 Å². The standard InChI is InChI=1S/C38H27B/c1-3-28-10-9-15-32(31(28)4-2)29-22-18-26(19-23-29)16-17-27-20-24-30(25-21-27)37-33-11-5-7-13-35(33)38(39)36-14-8-6-12-34(36)37/h3-25H,1-2H2/b17-16+. The quantitative estimate of drug-likeness (QED) is 0.123. The molecule has 0 saturated carbocycles. The molecule has 6 aromatic rings. The molecule has 0 aliphatic carbocycles. The Labute approximate surface area is 231 Å². The van der Waals surface area contributed by atoms with Crippen molar-refractivity contribution in [2.75, 3.05) is 0 Å². The second-order valence-corrected chi connectivity index (χ2v) is 9.67. The first-order valence-corrected chi connectivity index (χ1v) is 13.1. The van der Waals surface area contributed by atoms with E-state index in [1.807, 2.05) is 12.2 Å². The summed E-state index contributed by atoms with van der Waals surface area (Å²) in [4.78, 5) is 0. The molecule has 1 heteroatoms. The third-order valence-corrected chi connectivity index (χ3v) is 7.43. The third kappa shape index (κ3) is 4.53. The van der Waals surface area contributed by atoms with Crippen LogP contribution < -0.4 is 5.46 Å². The first kappa shape index (κ1) is 24.5. The molecule has 0 aliphatic heterocycles. The highest BCUT2D eigenvalue weighted by Crippen LogP contribution is 2.35. The van der Waals surface area contributed by atoms with Gasteiger partial charge in [-0.15, -0.1) is 0 Å². The third-order valence-electron chi connectivity index (χ3n) is 7.43. The van der Waals surface area contributed by atoms with Gasteiger partial charge in [0.15, 0.2) is 0 Å². The Morgan fingerprint density at radius 2 is 1.00 bits per heavy atom. The molecule has 0 spiro atoms. The Balaban J connectivity index is 1.30. The highest BCUT2D eigenvalue weighted by Gasteiger charge is 2.12. The van der Waals surface area contributed by atoms with E-state index in [1.165, 1.54) is 21.9 Å². The first-order valence-electron chi connectivity index (χ1n) is 13.1. The highest BCUT2D eigenvalue weighted by molar-refractivity contribution is 6.46. The van der Waals surface area contributed by atoms with Crippen LogP contribution in [0.4, 0.5) is 0 Å². The normalized spacial score (nSPS) is 11.3. The van der Waals surface area contributed by atoms with E-state index < -0.39 is 0 Å². The Bertz CT molecular complexity index is 1810. The largest absolute Gasteiger partial charge is 0.115 e. The molecule has 182 valence electrons. The van der Waals surface area contributed by atoms with E-state index in [9.17, 15) is 0 Å². The predicted molar refractivity (Wildman–Crippen MR) is 173 cm³/mol. The summed E-state index contributed by atoms with van der Waals surface area (Å²) in [5.74, 6) is 0. The predicted octanol–water partition coefficient (Wildman–Crippen LogP) is 9.58. The Hall–Kier alpha value is -4.88. The summed E-state index contributed by atoms with van der Waals surface area (Å²) in [6.07, 6.45) is 8.09. The van der Waals surface area contributed by atoms with Gasteiger partial charge in [0.1, 0.15) is 7.85 Å². The molecule has 2 radical (unpaired) electrons. The van der Waals surface area contributed by atoms with Gasteiger partial charge >= 0.3 is 0 Å². The zero-order valence-corrected chi connectivity index (χ0v) is 21.8. The van der Waals surface area contributed by atoms with Gasteiger partial charge in [-0.2, -0.15) is 0 Å². The van der Waals surface area contributed by atoms with Crippen molar-refractivity contribution in [1.29, 1.82) is 0 Å². The maximum absolute atomic E-state index is 6.57. The zero-order valence-electron chi connectivity index (χ0n) is 21.8. The molecule has 0 nitrogen and oxygen atoms in total. The summed E-state index contributed by atoms with van der Waals surface area (Å²) in [6.45, 7) is 7.93. The summed E-state index contributed by atoms with van der Waals surface area (Å²) < 4.78 is 0. The Morgan fingerprint density at radius 3 is 1.51 bits per heavy atom. The number of rotatable bonds is 6. The molecule has 0 saturated heterocycles. The van der Waals surface area contributed by atoms with Crippen LogP contribution in [0.1, 0.15) is 22.3 Å². The van der Waals surface area contributed by atoms with E-state index in [-0.39, 0.29) is 0 Å². The van der Waals surface area contributed by atoms with Crippen molar-refractivity contribution < 1.29 is 0 Å². The van der Waals surface area contributed by atoms with Gasteiger partial charge in [-0.1, -0.05) is 158 Å². The van der Waals surface area contributed by atoms with Gasteiger partial charge in [0.2, 0.25) is 0 Å². The fourth-order valence-corrected chi connectivity index (χ4v) is 5.44. The first-order chi connectivity index (χ1) is 19.2. The molecule has 0 bridgehead atoms. The highest BCUT2D eigenvalue weighted by atomic mass is 14.1. The van der Waals surface area contributed by atoms with Crippen molar-refractivity contribution >= 4 is 59.2 Å². The molecule has 6 aromatic carbocycles. The lowest BCUT2D eigenvalue weighted by Gasteiger charge is -2.15. The summed E-state index contributed by atoms with van der Waals surface area (Å²) in [5.41, 5.74) is 10.1. The van der Waals surface area contributed by atoms with Gasteiger partial charge in [-0.25, -0.2) is 0 Å². The van der Waals surface area contributed by atoms with Crippen LogP contribution in [0.2, 0.25) is 0 Å². The lowest BCUT2D eigenvalue weighted by molar-refractivity contribution is 1.56. The minimum Gasteiger partial charge on any atom is -0.0984 e. The maximum atomic E-state index is 6.57. The molecule has 0 fully saturated rings. The minimum atomic E-state index is 0.838. The average molecular weight is 494 g/mol. The lowest BCUT2D eigenvalue weighted by atomic mass is 9.81. The van der Waals surface area contributed by atoms with Crippen LogP contribution in [0.15, 0.2) is 128 Å². The second kappa shape index (κ2) is 10.5. The van der Waals surface area contributed by atoms with E-state index in [0.717, 1.165) is 49.6 Å². The summed E-state index contributed by atoms with van der Waals surface area (Å²) in [5, 5.41) is 4.54. The molecule has 6 rings (SSSR count). The monoisotopic (exact) mass is 494 g/mol. The SMILES string of the molecule is [B]c1c2ccccc2c(-c2ccc(/C=C/c3ccc(-c4cccc(C=C)c4C=C)cc3)cc2)c2ccccc12. The molecule has 0 amide bonds. The van der Waals surface area contributed by atoms with Crippen LogP contribution in [0, 0.1) is 0 Å². The molecule has 0 atom stereocenters. The van der Waals surface area contributed by atoms with Crippen molar-refractivity contribution in [3.63, 3.8) is 0 Å². The fourth-order valence-electron chi connectivity index (χ4n) is 5.44. The van der Waals surface area contributed by atoms with E-state index in [1.54, 1.807) is 0 Å². The van der Waals surface area contributed by atoms with E-state index in [0.29, 0.717) is 0 Å². The zero-order chi connectivity index (χ0) is 26.8. The molecule has 39 heavy (non-hydrogen) atoms. The van der Waals surface area contributed by atoms with Crippen LogP contribution >= 0.6 is 0 Å². The number of hydrogen-bond acceptors (Lipinski definition) is 0. The topological polar surface area (TPSA) is 0 Å². The molecular weight excluding hydrogens is 467 g/mol. The maximum Gasteiger partial charge on any atom is 0.115 e. The van der Waals surface area contributed by atoms with Crippen LogP contribution in [-0.4, -0.2) is 7.85 Å². The van der Waals surface area contributed by atoms with Crippen LogP contribution in [0.3, 0.4) is 0 Å². The fraction of sp³-hybridized carbons (Fsp3) is 0. The molecule has 0 aliphatic rings. The van der Waals surface area contributed by atoms with Gasteiger partial charge in [0.05, 0.1) is 0 Å². The second-order valence-electron chi connectivity index (χ2n) is 9.67. The Kier molecular flexibility index (Phi) is 6.57. The minimum absolute atomic E-state index is 0.838.